The van der Waals surface area contributed by atoms with Gasteiger partial charge in [0.2, 0.25) is 12.5 Å². The van der Waals surface area contributed by atoms with Crippen LogP contribution in [0.1, 0.15) is 50.6 Å². The van der Waals surface area contributed by atoms with Crippen molar-refractivity contribution in [2.45, 2.75) is 42.9 Å². The van der Waals surface area contributed by atoms with Gasteiger partial charge in [-0.15, -0.1) is 11.6 Å². The van der Waals surface area contributed by atoms with E-state index in [4.69, 9.17) is 26.8 Å². The first-order valence-corrected chi connectivity index (χ1v) is 10.6. The van der Waals surface area contributed by atoms with Crippen LogP contribution in [0.4, 0.5) is 0 Å². The third kappa shape index (κ3) is 4.06. The fourth-order valence-electron chi connectivity index (χ4n) is 4.26. The molecule has 1 aliphatic heterocycles. The number of nitrogens with two attached hydrogens (primary N) is 1. The molecular weight excluding hydrogens is 440 g/mol. The van der Waals surface area contributed by atoms with Crippen molar-refractivity contribution in [2.24, 2.45) is 5.73 Å². The standard InChI is InChI=1S/C22H23ClN2O7/c23-8-10-1-3-11(4-2-10)22(30)25-14-7-16(27)15(26)5-12(14)13-6-17-20(32-9-31-17)19(28)18(13)21(24)29/h1-4,6,12,14-16,26-28H,5,7-9H2,(H2,24,29)(H,25,30). The monoisotopic (exact) mass is 462 g/mol. The van der Waals surface area contributed by atoms with Gasteiger partial charge in [0.25, 0.3) is 11.8 Å². The maximum Gasteiger partial charge on any atom is 0.252 e. The van der Waals surface area contributed by atoms with Gasteiger partial charge in [-0.25, -0.2) is 0 Å². The van der Waals surface area contributed by atoms with E-state index in [0.717, 1.165) is 5.56 Å². The number of primary amides is 1. The highest BCUT2D eigenvalue weighted by atomic mass is 35.5. The zero-order valence-corrected chi connectivity index (χ0v) is 17.7. The molecule has 2 aromatic carbocycles. The number of fused-ring (bicyclic) bond motifs is 1. The Hall–Kier alpha value is -3.01. The molecule has 10 heteroatoms. The van der Waals surface area contributed by atoms with E-state index < -0.39 is 41.7 Å². The lowest BCUT2D eigenvalue weighted by molar-refractivity contribution is -0.0248. The topological polar surface area (TPSA) is 151 Å². The fraction of sp³-hybridized carbons (Fsp3) is 0.364. The summed E-state index contributed by atoms with van der Waals surface area (Å²) in [6.07, 6.45) is -2.11. The number of phenols is 1. The number of amides is 2. The number of ether oxygens (including phenoxy) is 2. The van der Waals surface area contributed by atoms with Crippen LogP contribution in [-0.4, -0.2) is 52.2 Å². The lowest BCUT2D eigenvalue weighted by Crippen LogP contribution is -2.49. The van der Waals surface area contributed by atoms with Crippen LogP contribution in [0.5, 0.6) is 17.2 Å². The number of aromatic hydroxyl groups is 1. The third-order valence-electron chi connectivity index (χ3n) is 5.92. The van der Waals surface area contributed by atoms with E-state index in [1.54, 1.807) is 24.3 Å². The van der Waals surface area contributed by atoms with Gasteiger partial charge in [0.15, 0.2) is 11.5 Å². The zero-order valence-electron chi connectivity index (χ0n) is 17.0. The first kappa shape index (κ1) is 22.2. The fourth-order valence-corrected chi connectivity index (χ4v) is 4.44. The van der Waals surface area contributed by atoms with Gasteiger partial charge in [0.05, 0.1) is 17.8 Å². The van der Waals surface area contributed by atoms with Crippen LogP contribution in [0.2, 0.25) is 0 Å². The van der Waals surface area contributed by atoms with Crippen LogP contribution in [0.3, 0.4) is 0 Å². The van der Waals surface area contributed by atoms with Crippen molar-refractivity contribution in [3.05, 3.63) is 52.6 Å². The molecule has 4 rings (SSSR count). The molecular formula is C22H23ClN2O7. The van der Waals surface area contributed by atoms with Crippen molar-refractivity contribution in [1.29, 1.82) is 0 Å². The Morgan fingerprint density at radius 1 is 1.12 bits per heavy atom. The minimum Gasteiger partial charge on any atom is -0.504 e. The third-order valence-corrected chi connectivity index (χ3v) is 6.23. The molecule has 4 unspecified atom stereocenters. The Morgan fingerprint density at radius 2 is 1.81 bits per heavy atom. The highest BCUT2D eigenvalue weighted by Gasteiger charge is 2.40. The molecule has 0 aromatic heterocycles. The number of nitrogens with one attached hydrogen (secondary N) is 1. The molecule has 1 fully saturated rings. The molecule has 0 spiro atoms. The second-order valence-electron chi connectivity index (χ2n) is 7.91. The minimum absolute atomic E-state index is 0.0129. The molecule has 0 radical (unpaired) electrons. The average molecular weight is 463 g/mol. The zero-order chi connectivity index (χ0) is 23.0. The molecule has 2 amide bonds. The van der Waals surface area contributed by atoms with Crippen LogP contribution in [-0.2, 0) is 5.88 Å². The smallest absolute Gasteiger partial charge is 0.252 e. The highest BCUT2D eigenvalue weighted by Crippen LogP contribution is 2.48. The summed E-state index contributed by atoms with van der Waals surface area (Å²) < 4.78 is 10.6. The van der Waals surface area contributed by atoms with Crippen molar-refractivity contribution in [3.8, 4) is 17.2 Å². The summed E-state index contributed by atoms with van der Waals surface area (Å²) in [6.45, 7) is -0.130. The minimum atomic E-state index is -1.09. The quantitative estimate of drug-likeness (QED) is 0.421. The van der Waals surface area contributed by atoms with Crippen LogP contribution in [0.15, 0.2) is 30.3 Å². The predicted molar refractivity (Wildman–Crippen MR) is 114 cm³/mol. The van der Waals surface area contributed by atoms with Gasteiger partial charge in [-0.05, 0) is 42.2 Å². The van der Waals surface area contributed by atoms with E-state index >= 15 is 0 Å². The maximum absolute atomic E-state index is 12.9. The molecule has 0 bridgehead atoms. The van der Waals surface area contributed by atoms with Gasteiger partial charge >= 0.3 is 0 Å². The Labute approximate surface area is 188 Å². The number of aliphatic hydroxyl groups is 2. The number of carbonyl (C=O) groups excluding carboxylic acids is 2. The van der Waals surface area contributed by atoms with E-state index in [1.165, 1.54) is 6.07 Å². The lowest BCUT2D eigenvalue weighted by atomic mass is 9.75. The second kappa shape index (κ2) is 8.85. The van der Waals surface area contributed by atoms with E-state index in [2.05, 4.69) is 5.32 Å². The second-order valence-corrected chi connectivity index (χ2v) is 8.18. The van der Waals surface area contributed by atoms with Gasteiger partial charge < -0.3 is 35.8 Å². The first-order valence-electron chi connectivity index (χ1n) is 10.1. The molecule has 1 heterocycles. The number of rotatable bonds is 5. The number of benzene rings is 2. The summed E-state index contributed by atoms with van der Waals surface area (Å²) in [5, 5.41) is 34.0. The van der Waals surface area contributed by atoms with E-state index in [0.29, 0.717) is 17.0 Å². The van der Waals surface area contributed by atoms with Crippen LogP contribution in [0.25, 0.3) is 0 Å². The van der Waals surface area contributed by atoms with Gasteiger partial charge in [0.1, 0.15) is 0 Å². The molecule has 1 saturated carbocycles. The number of aliphatic hydroxyl groups excluding tert-OH is 2. The van der Waals surface area contributed by atoms with Crippen LogP contribution >= 0.6 is 11.6 Å². The average Bonchev–Trinajstić information content (AvgIpc) is 3.25. The maximum atomic E-state index is 12.9. The summed E-state index contributed by atoms with van der Waals surface area (Å²) >= 11 is 5.80. The molecule has 2 aromatic rings. The molecule has 1 aliphatic carbocycles. The molecule has 9 nitrogen and oxygen atoms in total. The Morgan fingerprint density at radius 3 is 2.47 bits per heavy atom. The van der Waals surface area contributed by atoms with Crippen molar-refractivity contribution >= 4 is 23.4 Å². The van der Waals surface area contributed by atoms with Gasteiger partial charge in [-0.2, -0.15) is 0 Å². The predicted octanol–water partition coefficient (Wildman–Crippen LogP) is 1.36. The van der Waals surface area contributed by atoms with E-state index in [9.17, 15) is 24.9 Å². The van der Waals surface area contributed by atoms with Crippen molar-refractivity contribution < 1.29 is 34.4 Å². The Kier molecular flexibility index (Phi) is 6.14. The summed E-state index contributed by atoms with van der Waals surface area (Å²) in [4.78, 5) is 25.1. The SMILES string of the molecule is NC(=O)c1c(C2CC(O)C(O)CC2NC(=O)c2ccc(CCl)cc2)cc2c(c1O)OCO2. The summed E-state index contributed by atoms with van der Waals surface area (Å²) in [5.74, 6) is -1.82. The molecule has 0 saturated heterocycles. The molecule has 2 aliphatic rings. The number of carbonyl (C=O) groups is 2. The van der Waals surface area contributed by atoms with E-state index in [1.807, 2.05) is 0 Å². The first-order chi connectivity index (χ1) is 15.3. The Bertz CT molecular complexity index is 1040. The number of hydrogen-bond acceptors (Lipinski definition) is 7. The Balaban J connectivity index is 1.70. The lowest BCUT2D eigenvalue weighted by Gasteiger charge is -2.38. The number of halogens is 1. The molecule has 170 valence electrons. The van der Waals surface area contributed by atoms with Crippen molar-refractivity contribution in [2.75, 3.05) is 6.79 Å². The molecule has 6 N–H and O–H groups in total. The number of alkyl halides is 1. The van der Waals surface area contributed by atoms with Gasteiger partial charge in [-0.3, -0.25) is 9.59 Å². The van der Waals surface area contributed by atoms with Crippen LogP contribution in [0, 0.1) is 0 Å². The largest absolute Gasteiger partial charge is 0.504 e. The molecule has 32 heavy (non-hydrogen) atoms. The summed E-state index contributed by atoms with van der Waals surface area (Å²) in [7, 11) is 0. The highest BCUT2D eigenvalue weighted by molar-refractivity contribution is 6.17. The van der Waals surface area contributed by atoms with Crippen LogP contribution < -0.4 is 20.5 Å². The van der Waals surface area contributed by atoms with Crippen molar-refractivity contribution in [1.82, 2.24) is 5.32 Å². The van der Waals surface area contributed by atoms with E-state index in [-0.39, 0.29) is 36.7 Å². The normalized spacial score (nSPS) is 24.2. The van der Waals surface area contributed by atoms with Crippen molar-refractivity contribution in [3.63, 3.8) is 0 Å². The van der Waals surface area contributed by atoms with Gasteiger partial charge in [-0.1, -0.05) is 12.1 Å². The summed E-state index contributed by atoms with van der Waals surface area (Å²) in [6, 6.07) is 7.60. The van der Waals surface area contributed by atoms with Gasteiger partial charge in [0, 0.05) is 23.4 Å². The molecule has 4 atom stereocenters. The number of hydrogen-bond donors (Lipinski definition) is 5. The summed E-state index contributed by atoms with van der Waals surface area (Å²) in [5.41, 5.74) is 6.92.